The molecule has 330 valence electrons. The summed E-state index contributed by atoms with van der Waals surface area (Å²) in [6.45, 7) is 25.3. The van der Waals surface area contributed by atoms with Gasteiger partial charge in [0.1, 0.15) is 25.4 Å². The Morgan fingerprint density at radius 3 is 1.94 bits per heavy atom. The van der Waals surface area contributed by atoms with Crippen molar-refractivity contribution in [3.8, 4) is 28.7 Å². The molecule has 3 aromatic heterocycles. The number of hydrogen-bond donors (Lipinski definition) is 0. The van der Waals surface area contributed by atoms with Gasteiger partial charge >= 0.3 is 0 Å². The highest BCUT2D eigenvalue weighted by molar-refractivity contribution is 7.02. The first-order valence-electron chi connectivity index (χ1n) is 23.6. The van der Waals surface area contributed by atoms with Gasteiger partial charge in [0.2, 0.25) is 6.71 Å². The molecule has 11 rings (SSSR count). The summed E-state index contributed by atoms with van der Waals surface area (Å²) in [6.07, 6.45) is 5.71. The summed E-state index contributed by atoms with van der Waals surface area (Å²) in [5, 5.41) is 5.14. The summed E-state index contributed by atoms with van der Waals surface area (Å²) in [5.41, 5.74) is 19.9. The maximum absolute atomic E-state index is 6.96. The fraction of sp³-hybridized carbons (Fsp3) is 0.200. The minimum absolute atomic E-state index is 0.0495. The fourth-order valence-electron chi connectivity index (χ4n) is 11.5. The van der Waals surface area contributed by atoms with Gasteiger partial charge in [-0.15, -0.1) is 0 Å². The summed E-state index contributed by atoms with van der Waals surface area (Å²) in [5.74, 6) is 2.45. The molecule has 1 aliphatic heterocycles. The number of ether oxygens (including phenoxy) is 1. The first-order valence-corrected chi connectivity index (χ1v) is 26.6. The Labute approximate surface area is 396 Å². The number of aromatic nitrogens is 4. The Morgan fingerprint density at radius 1 is 0.612 bits per heavy atom. The molecule has 0 unspecified atom stereocenters. The third-order valence-electron chi connectivity index (χ3n) is 14.5. The van der Waals surface area contributed by atoms with Crippen LogP contribution in [0.5, 0.6) is 11.5 Å². The molecule has 0 bridgehead atoms. The molecular weight excluding hydrogens is 832 g/mol. The number of benzene rings is 7. The highest BCUT2D eigenvalue weighted by Crippen LogP contribution is 2.37. The predicted molar refractivity (Wildman–Crippen MR) is 284 cm³/mol. The van der Waals surface area contributed by atoms with Crippen LogP contribution in [0.25, 0.3) is 50.0 Å². The van der Waals surface area contributed by atoms with Crippen LogP contribution in [0.4, 0.5) is 0 Å². The second kappa shape index (κ2) is 15.6. The molecule has 7 aromatic carbocycles. The molecule has 5 nitrogen and oxygen atoms in total. The lowest BCUT2D eigenvalue weighted by Crippen LogP contribution is -2.57. The summed E-state index contributed by atoms with van der Waals surface area (Å²) in [7, 11) is -2.08. The maximum atomic E-state index is 6.96. The summed E-state index contributed by atoms with van der Waals surface area (Å²) < 4.78 is 13.8. The lowest BCUT2D eigenvalue weighted by atomic mass is 9.34. The number of aryl methyl sites for hydroxylation is 6. The van der Waals surface area contributed by atoms with Gasteiger partial charge in [-0.2, -0.15) is 0 Å². The van der Waals surface area contributed by atoms with Gasteiger partial charge in [0.05, 0.1) is 33.4 Å². The lowest BCUT2D eigenvalue weighted by molar-refractivity contribution is -0.572. The van der Waals surface area contributed by atoms with E-state index < -0.39 is 8.07 Å². The SMILES string of the molecule is Cc1cc(C)c(B(c2ccc3c(c2)c2ccc(Oc4ccc5c(c4)-n4[c-][n+](-c6ccccc6)c6cccc(c64)[Si]5(C)C)cc2n3-c2cc(C(C)(C)C)ccn2)c2c(C)cc(C)cc2C)c(C)c1. The molecule has 4 heterocycles. The van der Waals surface area contributed by atoms with Gasteiger partial charge in [-0.1, -0.05) is 162 Å². The van der Waals surface area contributed by atoms with E-state index in [-0.39, 0.29) is 12.1 Å². The van der Waals surface area contributed by atoms with E-state index in [9.17, 15) is 0 Å². The Hall–Kier alpha value is -6.96. The molecule has 0 spiro atoms. The highest BCUT2D eigenvalue weighted by Gasteiger charge is 2.37. The minimum Gasteiger partial charge on any atom is -0.458 e. The van der Waals surface area contributed by atoms with Crippen LogP contribution in [0, 0.1) is 47.9 Å². The highest BCUT2D eigenvalue weighted by atomic mass is 28.3. The molecule has 1 aliphatic rings. The van der Waals surface area contributed by atoms with Crippen LogP contribution in [0.15, 0.2) is 146 Å². The van der Waals surface area contributed by atoms with Crippen molar-refractivity contribution < 1.29 is 9.30 Å². The largest absolute Gasteiger partial charge is 0.458 e. The predicted octanol–water partition coefficient (Wildman–Crippen LogP) is 10.8. The van der Waals surface area contributed by atoms with E-state index in [1.165, 1.54) is 76.6 Å². The van der Waals surface area contributed by atoms with E-state index in [1.54, 1.807) is 0 Å². The number of hydrogen-bond acceptors (Lipinski definition) is 2. The third-order valence-corrected chi connectivity index (χ3v) is 18.0. The quantitative estimate of drug-likeness (QED) is 0.0908. The van der Waals surface area contributed by atoms with E-state index in [0.29, 0.717) is 0 Å². The maximum Gasteiger partial charge on any atom is 0.269 e. The molecule has 0 amide bonds. The van der Waals surface area contributed by atoms with Crippen molar-refractivity contribution in [2.24, 2.45) is 0 Å². The molecule has 0 atom stereocenters. The van der Waals surface area contributed by atoms with Crippen molar-refractivity contribution in [1.29, 1.82) is 0 Å². The molecule has 0 aliphatic carbocycles. The zero-order valence-electron chi connectivity index (χ0n) is 40.6. The number of fused-ring (bicyclic) bond motifs is 5. The van der Waals surface area contributed by atoms with Gasteiger partial charge in [0.25, 0.3) is 6.33 Å². The number of imidazole rings is 1. The zero-order chi connectivity index (χ0) is 46.7. The second-order valence-corrected chi connectivity index (χ2v) is 25.0. The second-order valence-electron chi connectivity index (χ2n) is 20.7. The molecule has 0 N–H and O–H groups in total. The molecule has 7 heteroatoms. The van der Waals surface area contributed by atoms with Crippen molar-refractivity contribution in [2.45, 2.75) is 80.8 Å². The van der Waals surface area contributed by atoms with Crippen LogP contribution in [0.2, 0.25) is 13.1 Å². The summed E-state index contributed by atoms with van der Waals surface area (Å²) in [4.78, 5) is 5.07. The average molecular weight is 889 g/mol. The van der Waals surface area contributed by atoms with Crippen molar-refractivity contribution in [3.05, 3.63) is 191 Å². The van der Waals surface area contributed by atoms with E-state index in [0.717, 1.165) is 50.6 Å². The molecule has 0 fully saturated rings. The van der Waals surface area contributed by atoms with Crippen LogP contribution in [0.3, 0.4) is 0 Å². The molecule has 0 radical (unpaired) electrons. The monoisotopic (exact) mass is 888 g/mol. The third kappa shape index (κ3) is 6.97. The summed E-state index contributed by atoms with van der Waals surface area (Å²) >= 11 is 0. The molecule has 0 saturated carbocycles. The van der Waals surface area contributed by atoms with Gasteiger partial charge in [-0.05, 0) is 117 Å². The van der Waals surface area contributed by atoms with Crippen molar-refractivity contribution in [3.63, 3.8) is 0 Å². The first kappa shape index (κ1) is 42.7. The molecule has 67 heavy (non-hydrogen) atoms. The standard InChI is InChI=1S/C60H57BN4OSi/c1-37-28-39(3)57(40(4)29-37)61(58-41(5)30-38(2)31-42(58)6)44-20-24-50-49(33-44)48-23-21-46(34-52(48)65(50)56-32-43(26-27-62-56)60(7,8)9)66-47-22-25-54-53(35-47)64-36-63(45-16-13-12-14-17-45)51-18-15-19-55(59(51)64)67(54,10)11/h12-35H,1-11H3. The Kier molecular flexibility index (Phi) is 9.91. The minimum atomic E-state index is -2.08. The molecule has 0 saturated heterocycles. The first-order chi connectivity index (χ1) is 32.1. The molecular formula is C60H57BN4OSi. The Morgan fingerprint density at radius 2 is 1.27 bits per heavy atom. The normalized spacial score (nSPS) is 13.1. The van der Waals surface area contributed by atoms with Crippen LogP contribution < -0.4 is 36.1 Å². The topological polar surface area (TPSA) is 35.9 Å². The lowest BCUT2D eigenvalue weighted by Gasteiger charge is -2.32. The average Bonchev–Trinajstić information content (AvgIpc) is 3.83. The van der Waals surface area contributed by atoms with Crippen LogP contribution in [-0.4, -0.2) is 28.9 Å². The van der Waals surface area contributed by atoms with Gasteiger partial charge in [0, 0.05) is 23.0 Å². The summed E-state index contributed by atoms with van der Waals surface area (Å²) in [6, 6.07) is 51.4. The fourth-order valence-corrected chi connectivity index (χ4v) is 14.4. The van der Waals surface area contributed by atoms with E-state index in [1.807, 2.05) is 6.20 Å². The smallest absolute Gasteiger partial charge is 0.269 e. The van der Waals surface area contributed by atoms with Crippen LogP contribution >= 0.6 is 0 Å². The number of nitrogens with zero attached hydrogens (tertiary/aromatic N) is 4. The zero-order valence-corrected chi connectivity index (χ0v) is 41.6. The van der Waals surface area contributed by atoms with Gasteiger partial charge in [-0.3, -0.25) is 13.7 Å². The Bertz CT molecular complexity index is 3540. The van der Waals surface area contributed by atoms with Crippen LogP contribution in [0.1, 0.15) is 59.7 Å². The van der Waals surface area contributed by atoms with Gasteiger partial charge < -0.3 is 4.74 Å². The van der Waals surface area contributed by atoms with Gasteiger partial charge in [-0.25, -0.2) is 4.98 Å². The van der Waals surface area contributed by atoms with Crippen molar-refractivity contribution >= 4 is 74.4 Å². The van der Waals surface area contributed by atoms with Crippen molar-refractivity contribution in [2.75, 3.05) is 0 Å². The van der Waals surface area contributed by atoms with E-state index in [2.05, 4.69) is 235 Å². The Balaban J connectivity index is 1.09. The van der Waals surface area contributed by atoms with Crippen molar-refractivity contribution in [1.82, 2.24) is 14.1 Å². The number of para-hydroxylation sites is 2. The van der Waals surface area contributed by atoms with Crippen LogP contribution in [-0.2, 0) is 5.41 Å². The molecule has 10 aromatic rings. The van der Waals surface area contributed by atoms with E-state index >= 15 is 0 Å². The van der Waals surface area contributed by atoms with Gasteiger partial charge in [0.15, 0.2) is 0 Å². The number of pyridine rings is 1. The van der Waals surface area contributed by atoms with E-state index in [4.69, 9.17) is 9.72 Å². The number of rotatable bonds is 7.